The summed E-state index contributed by atoms with van der Waals surface area (Å²) in [5.74, 6) is 0.761. The first-order valence-electron chi connectivity index (χ1n) is 6.67. The Morgan fingerprint density at radius 2 is 2.00 bits per heavy atom. The standard InChI is InChI=1S/C14H24N2O3/c1-5-16(6-2)9-11-7-8-12(19-11)13(17)15-10-14(3,4)18/h7-8,18H,5-6,9-10H2,1-4H3,(H,15,17). The van der Waals surface area contributed by atoms with Gasteiger partial charge in [-0.2, -0.15) is 0 Å². The fraction of sp³-hybridized carbons (Fsp3) is 0.643. The van der Waals surface area contributed by atoms with E-state index < -0.39 is 5.60 Å². The molecule has 19 heavy (non-hydrogen) atoms. The number of aliphatic hydroxyl groups is 1. The second kappa shape index (κ2) is 6.73. The van der Waals surface area contributed by atoms with Gasteiger partial charge in [0, 0.05) is 6.54 Å². The van der Waals surface area contributed by atoms with Gasteiger partial charge in [0.2, 0.25) is 0 Å². The number of furan rings is 1. The van der Waals surface area contributed by atoms with E-state index in [9.17, 15) is 9.90 Å². The number of carbonyl (C=O) groups is 1. The van der Waals surface area contributed by atoms with Crippen LogP contribution in [0.25, 0.3) is 0 Å². The molecule has 1 aromatic rings. The average Bonchev–Trinajstić information content (AvgIpc) is 2.80. The van der Waals surface area contributed by atoms with Crippen molar-refractivity contribution in [1.29, 1.82) is 0 Å². The van der Waals surface area contributed by atoms with Crippen molar-refractivity contribution in [3.8, 4) is 0 Å². The molecular formula is C14H24N2O3. The lowest BCUT2D eigenvalue weighted by Gasteiger charge is -2.17. The number of rotatable bonds is 7. The van der Waals surface area contributed by atoms with Crippen LogP contribution in [0, 0.1) is 0 Å². The summed E-state index contributed by atoms with van der Waals surface area (Å²) >= 11 is 0. The number of carbonyl (C=O) groups excluding carboxylic acids is 1. The summed E-state index contributed by atoms with van der Waals surface area (Å²) in [6, 6.07) is 3.48. The quantitative estimate of drug-likeness (QED) is 0.788. The highest BCUT2D eigenvalue weighted by Gasteiger charge is 2.17. The molecule has 108 valence electrons. The Kier molecular flexibility index (Phi) is 5.57. The van der Waals surface area contributed by atoms with Crippen molar-refractivity contribution in [3.63, 3.8) is 0 Å². The van der Waals surface area contributed by atoms with Crippen LogP contribution in [0.2, 0.25) is 0 Å². The summed E-state index contributed by atoms with van der Waals surface area (Å²) < 4.78 is 5.51. The molecule has 0 bridgehead atoms. The molecule has 0 unspecified atom stereocenters. The molecule has 1 aromatic heterocycles. The highest BCUT2D eigenvalue weighted by molar-refractivity contribution is 5.91. The van der Waals surface area contributed by atoms with Crippen LogP contribution in [0.15, 0.2) is 16.5 Å². The second-order valence-electron chi connectivity index (χ2n) is 5.22. The fourth-order valence-electron chi connectivity index (χ4n) is 1.64. The Morgan fingerprint density at radius 1 is 1.37 bits per heavy atom. The second-order valence-corrected chi connectivity index (χ2v) is 5.22. The maximum atomic E-state index is 11.8. The first-order chi connectivity index (χ1) is 8.85. The lowest BCUT2D eigenvalue weighted by atomic mass is 10.1. The number of hydrogen-bond acceptors (Lipinski definition) is 4. The molecule has 0 aliphatic carbocycles. The van der Waals surface area contributed by atoms with Crippen LogP contribution in [-0.4, -0.2) is 41.1 Å². The van der Waals surface area contributed by atoms with E-state index in [4.69, 9.17) is 4.42 Å². The molecular weight excluding hydrogens is 244 g/mol. The highest BCUT2D eigenvalue weighted by Crippen LogP contribution is 2.11. The summed E-state index contributed by atoms with van der Waals surface area (Å²) in [4.78, 5) is 14.0. The van der Waals surface area contributed by atoms with E-state index >= 15 is 0 Å². The van der Waals surface area contributed by atoms with Crippen LogP contribution < -0.4 is 5.32 Å². The van der Waals surface area contributed by atoms with Gasteiger partial charge in [-0.3, -0.25) is 9.69 Å². The zero-order valence-corrected chi connectivity index (χ0v) is 12.2. The highest BCUT2D eigenvalue weighted by atomic mass is 16.4. The van der Waals surface area contributed by atoms with Crippen LogP contribution in [0.4, 0.5) is 0 Å². The van der Waals surface area contributed by atoms with Crippen molar-refractivity contribution < 1.29 is 14.3 Å². The molecule has 5 nitrogen and oxygen atoms in total. The third kappa shape index (κ3) is 5.44. The van der Waals surface area contributed by atoms with E-state index in [0.29, 0.717) is 6.54 Å². The summed E-state index contributed by atoms with van der Waals surface area (Å²) in [6.45, 7) is 10.2. The topological polar surface area (TPSA) is 65.7 Å². The number of amides is 1. The summed E-state index contributed by atoms with van der Waals surface area (Å²) in [6.07, 6.45) is 0. The number of nitrogens with zero attached hydrogens (tertiary/aromatic N) is 1. The molecule has 0 spiro atoms. The van der Waals surface area contributed by atoms with E-state index in [1.54, 1.807) is 19.9 Å². The summed E-state index contributed by atoms with van der Waals surface area (Å²) in [5.41, 5.74) is -0.924. The van der Waals surface area contributed by atoms with Gasteiger partial charge in [-0.25, -0.2) is 0 Å². The van der Waals surface area contributed by atoms with Gasteiger partial charge >= 0.3 is 0 Å². The van der Waals surface area contributed by atoms with Crippen molar-refractivity contribution >= 4 is 5.91 Å². The SMILES string of the molecule is CCN(CC)Cc1ccc(C(=O)NCC(C)(C)O)o1. The normalized spacial score (nSPS) is 11.9. The molecule has 2 N–H and O–H groups in total. The van der Waals surface area contributed by atoms with Crippen molar-refractivity contribution in [2.45, 2.75) is 39.8 Å². The van der Waals surface area contributed by atoms with Gasteiger partial charge in [0.05, 0.1) is 12.1 Å². The molecule has 1 heterocycles. The van der Waals surface area contributed by atoms with Crippen molar-refractivity contribution in [3.05, 3.63) is 23.7 Å². The largest absolute Gasteiger partial charge is 0.455 e. The minimum atomic E-state index is -0.924. The molecule has 0 saturated carbocycles. The van der Waals surface area contributed by atoms with Crippen molar-refractivity contribution in [2.75, 3.05) is 19.6 Å². The van der Waals surface area contributed by atoms with Crippen LogP contribution in [0.5, 0.6) is 0 Å². The van der Waals surface area contributed by atoms with Crippen LogP contribution in [0.1, 0.15) is 44.0 Å². The van der Waals surface area contributed by atoms with Gasteiger partial charge < -0.3 is 14.8 Å². The smallest absolute Gasteiger partial charge is 0.287 e. The Labute approximate surface area is 114 Å². The van der Waals surface area contributed by atoms with Gasteiger partial charge in [-0.1, -0.05) is 13.8 Å². The third-order valence-electron chi connectivity index (χ3n) is 2.84. The van der Waals surface area contributed by atoms with Crippen LogP contribution >= 0.6 is 0 Å². The Balaban J connectivity index is 2.56. The predicted molar refractivity (Wildman–Crippen MR) is 74.0 cm³/mol. The van der Waals surface area contributed by atoms with Gasteiger partial charge in [0.1, 0.15) is 5.76 Å². The van der Waals surface area contributed by atoms with E-state index in [1.165, 1.54) is 0 Å². The molecule has 1 amide bonds. The number of hydrogen-bond donors (Lipinski definition) is 2. The van der Waals surface area contributed by atoms with E-state index in [1.807, 2.05) is 6.07 Å². The number of nitrogens with one attached hydrogen (secondary N) is 1. The monoisotopic (exact) mass is 268 g/mol. The average molecular weight is 268 g/mol. The minimum absolute atomic E-state index is 0.192. The van der Waals surface area contributed by atoms with Gasteiger partial charge in [0.15, 0.2) is 5.76 Å². The minimum Gasteiger partial charge on any atom is -0.455 e. The fourth-order valence-corrected chi connectivity index (χ4v) is 1.64. The zero-order valence-electron chi connectivity index (χ0n) is 12.2. The molecule has 0 radical (unpaired) electrons. The zero-order chi connectivity index (χ0) is 14.5. The molecule has 0 aliphatic rings. The Bertz CT molecular complexity index is 403. The van der Waals surface area contributed by atoms with Crippen LogP contribution in [-0.2, 0) is 6.54 Å². The van der Waals surface area contributed by atoms with Gasteiger partial charge in [0.25, 0.3) is 5.91 Å². The lowest BCUT2D eigenvalue weighted by Crippen LogP contribution is -2.38. The van der Waals surface area contributed by atoms with E-state index in [-0.39, 0.29) is 18.2 Å². The molecule has 1 rings (SSSR count). The predicted octanol–water partition coefficient (Wildman–Crippen LogP) is 1.62. The summed E-state index contributed by atoms with van der Waals surface area (Å²) in [5, 5.41) is 12.2. The maximum absolute atomic E-state index is 11.8. The molecule has 0 atom stereocenters. The maximum Gasteiger partial charge on any atom is 0.287 e. The first-order valence-corrected chi connectivity index (χ1v) is 6.67. The van der Waals surface area contributed by atoms with Gasteiger partial charge in [-0.05, 0) is 39.1 Å². The van der Waals surface area contributed by atoms with Gasteiger partial charge in [-0.15, -0.1) is 0 Å². The van der Waals surface area contributed by atoms with Crippen LogP contribution in [0.3, 0.4) is 0 Å². The van der Waals surface area contributed by atoms with E-state index in [2.05, 4.69) is 24.1 Å². The first kappa shape index (κ1) is 15.7. The third-order valence-corrected chi connectivity index (χ3v) is 2.84. The lowest BCUT2D eigenvalue weighted by molar-refractivity contribution is 0.0679. The molecule has 0 aliphatic heterocycles. The molecule has 0 saturated heterocycles. The van der Waals surface area contributed by atoms with Crippen molar-refractivity contribution in [1.82, 2.24) is 10.2 Å². The molecule has 5 heteroatoms. The Morgan fingerprint density at radius 3 is 2.53 bits per heavy atom. The van der Waals surface area contributed by atoms with E-state index in [0.717, 1.165) is 18.8 Å². The van der Waals surface area contributed by atoms with Crippen molar-refractivity contribution in [2.24, 2.45) is 0 Å². The summed E-state index contributed by atoms with van der Waals surface area (Å²) in [7, 11) is 0. The Hall–Kier alpha value is -1.33. The molecule has 0 fully saturated rings. The molecule has 0 aromatic carbocycles.